The van der Waals surface area contributed by atoms with Crippen LogP contribution < -0.4 is 10.1 Å². The van der Waals surface area contributed by atoms with E-state index in [1.807, 2.05) is 32.0 Å². The summed E-state index contributed by atoms with van der Waals surface area (Å²) >= 11 is 0. The first kappa shape index (κ1) is 27.0. The van der Waals surface area contributed by atoms with Crippen LogP contribution in [0.5, 0.6) is 5.75 Å². The molecule has 0 saturated carbocycles. The molecule has 0 spiro atoms. The van der Waals surface area contributed by atoms with Gasteiger partial charge in [0.05, 0.1) is 12.6 Å². The Hall–Kier alpha value is -2.60. The van der Waals surface area contributed by atoms with Gasteiger partial charge in [-0.15, -0.1) is 0 Å². The Morgan fingerprint density at radius 1 is 1.13 bits per heavy atom. The van der Waals surface area contributed by atoms with Crippen LogP contribution in [0.25, 0.3) is 11.1 Å². The molecule has 0 radical (unpaired) electrons. The van der Waals surface area contributed by atoms with E-state index in [0.29, 0.717) is 18.1 Å². The summed E-state index contributed by atoms with van der Waals surface area (Å²) in [7, 11) is 0. The van der Waals surface area contributed by atoms with Crippen LogP contribution in [0.4, 0.5) is 9.18 Å². The Morgan fingerprint density at radius 3 is 2.47 bits per heavy atom. The molecule has 206 valence electrons. The number of nitrogens with zero attached hydrogens (tertiary/aromatic N) is 1. The Bertz CT molecular complexity index is 1160. The molecule has 1 aliphatic carbocycles. The zero-order valence-electron chi connectivity index (χ0n) is 23.7. The Balaban J connectivity index is 1.38. The highest BCUT2D eigenvalue weighted by atomic mass is 19.1. The lowest BCUT2D eigenvalue weighted by molar-refractivity contribution is -0.0353. The fourth-order valence-corrected chi connectivity index (χ4v) is 6.62. The molecule has 3 fully saturated rings. The summed E-state index contributed by atoms with van der Waals surface area (Å²) in [5.74, 6) is 1.08. The van der Waals surface area contributed by atoms with Gasteiger partial charge in [0.2, 0.25) is 0 Å². The summed E-state index contributed by atoms with van der Waals surface area (Å²) in [5, 5.41) is 3.15. The number of aryl methyl sites for hydroxylation is 3. The number of alkyl carbamates (subject to hydrolysis) is 1. The second-order valence-corrected chi connectivity index (χ2v) is 12.3. The van der Waals surface area contributed by atoms with Crippen molar-refractivity contribution >= 4 is 6.09 Å². The maximum atomic E-state index is 15.7. The zero-order chi connectivity index (χ0) is 27.0. The van der Waals surface area contributed by atoms with Crippen molar-refractivity contribution in [2.45, 2.75) is 85.3 Å². The molecular weight excluding hydrogens is 479 g/mol. The number of nitrogens with one attached hydrogen (secondary N) is 1. The van der Waals surface area contributed by atoms with E-state index in [1.54, 1.807) is 6.07 Å². The summed E-state index contributed by atoms with van der Waals surface area (Å²) in [6, 6.07) is 7.36. The first-order chi connectivity index (χ1) is 18.2. The van der Waals surface area contributed by atoms with E-state index in [4.69, 9.17) is 9.47 Å². The third-order valence-corrected chi connectivity index (χ3v) is 8.99. The summed E-state index contributed by atoms with van der Waals surface area (Å²) in [6.07, 6.45) is 5.59. The van der Waals surface area contributed by atoms with Gasteiger partial charge in [0.1, 0.15) is 17.7 Å². The predicted octanol–water partition coefficient (Wildman–Crippen LogP) is 7.12. The minimum absolute atomic E-state index is 0.0526. The van der Waals surface area contributed by atoms with E-state index >= 15 is 4.39 Å². The summed E-state index contributed by atoms with van der Waals surface area (Å²) < 4.78 is 27.7. The first-order valence-electron chi connectivity index (χ1n) is 14.4. The second-order valence-electron chi connectivity index (χ2n) is 12.3. The van der Waals surface area contributed by atoms with E-state index in [2.05, 4.69) is 31.0 Å². The van der Waals surface area contributed by atoms with E-state index in [0.717, 1.165) is 91.7 Å². The summed E-state index contributed by atoms with van der Waals surface area (Å²) in [4.78, 5) is 15.4. The molecule has 3 saturated heterocycles. The van der Waals surface area contributed by atoms with Gasteiger partial charge in [0, 0.05) is 12.1 Å². The number of hydrogen-bond donors (Lipinski definition) is 1. The maximum absolute atomic E-state index is 15.7. The lowest BCUT2D eigenvalue weighted by atomic mass is 9.70. The number of piperidine rings is 3. The van der Waals surface area contributed by atoms with Crippen molar-refractivity contribution < 1.29 is 18.7 Å². The minimum Gasteiger partial charge on any atom is -0.493 e. The van der Waals surface area contributed by atoms with Gasteiger partial charge in [-0.1, -0.05) is 27.2 Å². The fourth-order valence-electron chi connectivity index (χ4n) is 6.62. The smallest absolute Gasteiger partial charge is 0.407 e. The normalized spacial score (nSPS) is 25.5. The van der Waals surface area contributed by atoms with Crippen molar-refractivity contribution in [3.8, 4) is 16.9 Å². The molecule has 2 atom stereocenters. The molecule has 0 unspecified atom stereocenters. The van der Waals surface area contributed by atoms with Gasteiger partial charge < -0.3 is 14.8 Å². The van der Waals surface area contributed by atoms with Gasteiger partial charge in [-0.05, 0) is 122 Å². The highest BCUT2D eigenvalue weighted by Gasteiger charge is 2.40. The van der Waals surface area contributed by atoms with E-state index in [-0.39, 0.29) is 29.5 Å². The van der Waals surface area contributed by atoms with E-state index in [9.17, 15) is 4.79 Å². The quantitative estimate of drug-likeness (QED) is 0.393. The van der Waals surface area contributed by atoms with Crippen molar-refractivity contribution in [2.24, 2.45) is 11.3 Å². The zero-order valence-corrected chi connectivity index (χ0v) is 23.7. The number of halogens is 1. The molecule has 2 aromatic rings. The molecule has 1 amide bonds. The highest BCUT2D eigenvalue weighted by molar-refractivity contribution is 5.71. The number of rotatable bonds is 7. The lowest BCUT2D eigenvalue weighted by Crippen LogP contribution is -2.53. The van der Waals surface area contributed by atoms with Crippen molar-refractivity contribution in [1.82, 2.24) is 10.2 Å². The van der Waals surface area contributed by atoms with Crippen LogP contribution in [-0.4, -0.2) is 43.3 Å². The number of carbonyl (C=O) groups is 1. The van der Waals surface area contributed by atoms with E-state index in [1.165, 1.54) is 0 Å². The van der Waals surface area contributed by atoms with Crippen LogP contribution in [0, 0.1) is 31.0 Å². The maximum Gasteiger partial charge on any atom is 0.407 e. The molecule has 4 aliphatic rings. The van der Waals surface area contributed by atoms with Crippen LogP contribution in [-0.2, 0) is 11.2 Å². The topological polar surface area (TPSA) is 50.8 Å². The molecule has 2 bridgehead atoms. The van der Waals surface area contributed by atoms with Crippen molar-refractivity contribution in [3.05, 3.63) is 52.3 Å². The second kappa shape index (κ2) is 10.9. The lowest BCUT2D eigenvalue weighted by Gasteiger charge is -2.44. The number of unbranched alkanes of at least 4 members (excludes halogenated alkanes) is 1. The third-order valence-electron chi connectivity index (χ3n) is 8.99. The van der Waals surface area contributed by atoms with Crippen LogP contribution in [0.3, 0.4) is 0 Å². The van der Waals surface area contributed by atoms with Gasteiger partial charge in [-0.3, -0.25) is 4.90 Å². The van der Waals surface area contributed by atoms with E-state index < -0.39 is 0 Å². The minimum atomic E-state index is -0.385. The third kappa shape index (κ3) is 5.42. The highest BCUT2D eigenvalue weighted by Crippen LogP contribution is 2.45. The predicted molar refractivity (Wildman–Crippen MR) is 149 cm³/mol. The molecule has 3 aliphatic heterocycles. The number of ether oxygens (including phenoxy) is 2. The standard InChI is InChI=1S/C32H43FN2O3/c1-6-7-14-37-29-20(2)15-24(16-21(29)3)25-17-23-8-11-32(4,5)30(26(23)18-27(25)33)34-31(36)38-28-19-35-12-9-22(28)10-13-35/h15-18,22,28,30H,6-14,19H2,1-5H3,(H,34,36)/t28-,30+/m1/s1. The molecule has 2 aromatic carbocycles. The summed E-state index contributed by atoms with van der Waals surface area (Å²) in [6.45, 7) is 14.2. The monoisotopic (exact) mass is 522 g/mol. The van der Waals surface area contributed by atoms with Crippen molar-refractivity contribution in [1.29, 1.82) is 0 Å². The van der Waals surface area contributed by atoms with Gasteiger partial charge in [0.25, 0.3) is 0 Å². The number of fused-ring (bicyclic) bond motifs is 4. The molecule has 38 heavy (non-hydrogen) atoms. The van der Waals surface area contributed by atoms with Gasteiger partial charge in [-0.2, -0.15) is 0 Å². The molecule has 0 aromatic heterocycles. The van der Waals surface area contributed by atoms with Crippen LogP contribution in [0.15, 0.2) is 24.3 Å². The Kier molecular flexibility index (Phi) is 7.72. The average Bonchev–Trinajstić information content (AvgIpc) is 2.88. The molecule has 6 heteroatoms. The molecule has 3 heterocycles. The van der Waals surface area contributed by atoms with Crippen LogP contribution in [0.1, 0.15) is 81.2 Å². The van der Waals surface area contributed by atoms with Gasteiger partial charge in [0.15, 0.2) is 0 Å². The van der Waals surface area contributed by atoms with Crippen LogP contribution in [0.2, 0.25) is 0 Å². The first-order valence-corrected chi connectivity index (χ1v) is 14.4. The molecule has 6 rings (SSSR count). The molecular formula is C32H43FN2O3. The number of amides is 1. The van der Waals surface area contributed by atoms with Crippen molar-refractivity contribution in [3.63, 3.8) is 0 Å². The molecule has 1 N–H and O–H groups in total. The summed E-state index contributed by atoms with van der Waals surface area (Å²) in [5.41, 5.74) is 5.24. The Morgan fingerprint density at radius 2 is 1.84 bits per heavy atom. The average molecular weight is 523 g/mol. The largest absolute Gasteiger partial charge is 0.493 e. The van der Waals surface area contributed by atoms with Crippen molar-refractivity contribution in [2.75, 3.05) is 26.2 Å². The Labute approximate surface area is 227 Å². The number of hydrogen-bond acceptors (Lipinski definition) is 4. The van der Waals surface area contributed by atoms with Crippen LogP contribution >= 0.6 is 0 Å². The number of benzene rings is 2. The number of carbonyl (C=O) groups excluding carboxylic acids is 1. The van der Waals surface area contributed by atoms with Gasteiger partial charge >= 0.3 is 6.09 Å². The molecule has 5 nitrogen and oxygen atoms in total. The fraction of sp³-hybridized carbons (Fsp3) is 0.594. The SMILES string of the molecule is CCCCOc1c(C)cc(-c2cc3c(cc2F)[C@H](NC(=O)O[C@@H]2CN4CCC2CC4)C(C)(C)CC3)cc1C. The van der Waals surface area contributed by atoms with Gasteiger partial charge in [-0.25, -0.2) is 9.18 Å².